The number of ether oxygens (including phenoxy) is 1. The Morgan fingerprint density at radius 1 is 1.11 bits per heavy atom. The van der Waals surface area contributed by atoms with E-state index in [1.54, 1.807) is 0 Å². The van der Waals surface area contributed by atoms with Gasteiger partial charge >= 0.3 is 0 Å². The van der Waals surface area contributed by atoms with Gasteiger partial charge in [0.1, 0.15) is 12.4 Å². The minimum absolute atomic E-state index is 0.0347. The summed E-state index contributed by atoms with van der Waals surface area (Å²) in [5.41, 5.74) is 9.38. The van der Waals surface area contributed by atoms with Crippen LogP contribution < -0.4 is 10.5 Å². The fourth-order valence-corrected chi connectivity index (χ4v) is 1.86. The van der Waals surface area contributed by atoms with Crippen LogP contribution in [0.15, 0.2) is 48.5 Å². The van der Waals surface area contributed by atoms with E-state index in [1.165, 1.54) is 11.1 Å². The molecule has 2 N–H and O–H groups in total. The number of benzene rings is 2. The lowest BCUT2D eigenvalue weighted by atomic mass is 10.1. The molecule has 0 bridgehead atoms. The minimum atomic E-state index is 0.0347. The third-order valence-electron chi connectivity index (χ3n) is 2.87. The highest BCUT2D eigenvalue weighted by Gasteiger charge is 2.01. The fraction of sp³-hybridized carbons (Fsp3) is 0.250. The number of aryl methyl sites for hydroxylation is 1. The van der Waals surface area contributed by atoms with Crippen molar-refractivity contribution in [2.75, 3.05) is 0 Å². The van der Waals surface area contributed by atoms with Crippen LogP contribution in [0.3, 0.4) is 0 Å². The largest absolute Gasteiger partial charge is 0.489 e. The van der Waals surface area contributed by atoms with E-state index in [0.717, 1.165) is 11.3 Å². The summed E-state index contributed by atoms with van der Waals surface area (Å²) in [6.45, 7) is 4.64. The first-order valence-electron chi connectivity index (χ1n) is 6.19. The first-order chi connectivity index (χ1) is 8.65. The van der Waals surface area contributed by atoms with Crippen molar-refractivity contribution in [3.05, 3.63) is 65.2 Å². The fourth-order valence-electron chi connectivity index (χ4n) is 1.86. The molecule has 1 atom stereocenters. The molecule has 0 fully saturated rings. The zero-order valence-corrected chi connectivity index (χ0v) is 10.9. The molecule has 0 radical (unpaired) electrons. The van der Waals surface area contributed by atoms with Crippen LogP contribution in [-0.4, -0.2) is 0 Å². The Bertz CT molecular complexity index is 520. The molecule has 0 amide bonds. The van der Waals surface area contributed by atoms with Gasteiger partial charge in [-0.05, 0) is 37.1 Å². The summed E-state index contributed by atoms with van der Waals surface area (Å²) in [5.74, 6) is 0.867. The molecule has 0 aromatic heterocycles. The highest BCUT2D eigenvalue weighted by Crippen LogP contribution is 2.18. The highest BCUT2D eigenvalue weighted by molar-refractivity contribution is 5.30. The van der Waals surface area contributed by atoms with Crippen molar-refractivity contribution in [2.45, 2.75) is 26.5 Å². The van der Waals surface area contributed by atoms with Crippen LogP contribution >= 0.6 is 0 Å². The van der Waals surface area contributed by atoms with Crippen molar-refractivity contribution in [2.24, 2.45) is 5.73 Å². The molecule has 0 heterocycles. The third-order valence-corrected chi connectivity index (χ3v) is 2.87. The Hall–Kier alpha value is -1.80. The number of rotatable bonds is 4. The summed E-state index contributed by atoms with van der Waals surface area (Å²) >= 11 is 0. The summed E-state index contributed by atoms with van der Waals surface area (Å²) in [7, 11) is 0. The van der Waals surface area contributed by atoms with Crippen LogP contribution in [0.5, 0.6) is 5.75 Å². The van der Waals surface area contributed by atoms with Crippen molar-refractivity contribution in [3.8, 4) is 5.75 Å². The summed E-state index contributed by atoms with van der Waals surface area (Å²) in [6, 6.07) is 16.3. The molecule has 0 saturated heterocycles. The normalized spacial score (nSPS) is 12.2. The number of nitrogens with two attached hydrogens (primary N) is 1. The van der Waals surface area contributed by atoms with Gasteiger partial charge in [0, 0.05) is 6.04 Å². The molecule has 0 saturated carbocycles. The van der Waals surface area contributed by atoms with Gasteiger partial charge in [-0.1, -0.05) is 42.0 Å². The van der Waals surface area contributed by atoms with Gasteiger partial charge in [0.05, 0.1) is 0 Å². The summed E-state index contributed by atoms with van der Waals surface area (Å²) in [5, 5.41) is 0. The van der Waals surface area contributed by atoms with E-state index in [-0.39, 0.29) is 6.04 Å². The lowest BCUT2D eigenvalue weighted by Gasteiger charge is -2.10. The van der Waals surface area contributed by atoms with Crippen molar-refractivity contribution in [1.82, 2.24) is 0 Å². The Morgan fingerprint density at radius 2 is 1.89 bits per heavy atom. The zero-order chi connectivity index (χ0) is 13.0. The molecule has 0 spiro atoms. The lowest BCUT2D eigenvalue weighted by Crippen LogP contribution is -2.05. The van der Waals surface area contributed by atoms with E-state index in [0.29, 0.717) is 6.61 Å². The van der Waals surface area contributed by atoms with E-state index in [2.05, 4.69) is 25.1 Å². The third kappa shape index (κ3) is 3.34. The molecule has 94 valence electrons. The summed E-state index contributed by atoms with van der Waals surface area (Å²) < 4.78 is 5.78. The summed E-state index contributed by atoms with van der Waals surface area (Å²) in [6.07, 6.45) is 0. The Morgan fingerprint density at radius 3 is 2.61 bits per heavy atom. The molecule has 2 rings (SSSR count). The Labute approximate surface area is 108 Å². The molecular weight excluding hydrogens is 222 g/mol. The molecule has 18 heavy (non-hydrogen) atoms. The van der Waals surface area contributed by atoms with Crippen molar-refractivity contribution in [3.63, 3.8) is 0 Å². The van der Waals surface area contributed by atoms with Gasteiger partial charge in [0.15, 0.2) is 0 Å². The average Bonchev–Trinajstić information content (AvgIpc) is 2.37. The van der Waals surface area contributed by atoms with Gasteiger partial charge in [-0.3, -0.25) is 0 Å². The monoisotopic (exact) mass is 241 g/mol. The van der Waals surface area contributed by atoms with Crippen LogP contribution in [0.2, 0.25) is 0 Å². The van der Waals surface area contributed by atoms with Gasteiger partial charge in [-0.15, -0.1) is 0 Å². The van der Waals surface area contributed by atoms with Gasteiger partial charge in [-0.2, -0.15) is 0 Å². The van der Waals surface area contributed by atoms with Crippen LogP contribution in [0.1, 0.15) is 29.7 Å². The minimum Gasteiger partial charge on any atom is -0.489 e. The predicted molar refractivity (Wildman–Crippen MR) is 74.6 cm³/mol. The second kappa shape index (κ2) is 5.69. The molecular formula is C16H19NO. The standard InChI is InChI=1S/C16H19NO/c1-12-5-3-6-14(9-12)11-18-16-8-4-7-15(10-16)13(2)17/h3-10,13H,11,17H2,1-2H3. The van der Waals surface area contributed by atoms with E-state index >= 15 is 0 Å². The molecule has 2 nitrogen and oxygen atoms in total. The van der Waals surface area contributed by atoms with Crippen molar-refractivity contribution >= 4 is 0 Å². The maximum atomic E-state index is 5.85. The van der Waals surface area contributed by atoms with E-state index < -0.39 is 0 Å². The van der Waals surface area contributed by atoms with Gasteiger partial charge in [0.2, 0.25) is 0 Å². The maximum absolute atomic E-state index is 5.85. The molecule has 2 aromatic carbocycles. The maximum Gasteiger partial charge on any atom is 0.120 e. The van der Waals surface area contributed by atoms with Crippen LogP contribution in [-0.2, 0) is 6.61 Å². The SMILES string of the molecule is Cc1cccc(COc2cccc(C(C)N)c2)c1. The zero-order valence-electron chi connectivity index (χ0n) is 10.9. The topological polar surface area (TPSA) is 35.2 Å². The van der Waals surface area contributed by atoms with Crippen LogP contribution in [0.4, 0.5) is 0 Å². The Balaban J connectivity index is 2.04. The molecule has 0 aliphatic rings. The van der Waals surface area contributed by atoms with E-state index in [1.807, 2.05) is 37.3 Å². The van der Waals surface area contributed by atoms with E-state index in [9.17, 15) is 0 Å². The predicted octanol–water partition coefficient (Wildman–Crippen LogP) is 3.59. The van der Waals surface area contributed by atoms with Gasteiger partial charge < -0.3 is 10.5 Å². The molecule has 2 heteroatoms. The smallest absolute Gasteiger partial charge is 0.120 e. The summed E-state index contributed by atoms with van der Waals surface area (Å²) in [4.78, 5) is 0. The van der Waals surface area contributed by atoms with Gasteiger partial charge in [0.25, 0.3) is 0 Å². The quantitative estimate of drug-likeness (QED) is 0.887. The first-order valence-corrected chi connectivity index (χ1v) is 6.19. The number of hydrogen-bond acceptors (Lipinski definition) is 2. The van der Waals surface area contributed by atoms with Crippen molar-refractivity contribution in [1.29, 1.82) is 0 Å². The Kier molecular flexibility index (Phi) is 4.00. The van der Waals surface area contributed by atoms with Crippen LogP contribution in [0.25, 0.3) is 0 Å². The molecule has 1 unspecified atom stereocenters. The molecule has 0 aliphatic heterocycles. The number of hydrogen-bond donors (Lipinski definition) is 1. The second-order valence-corrected chi connectivity index (χ2v) is 4.64. The first kappa shape index (κ1) is 12.7. The average molecular weight is 241 g/mol. The van der Waals surface area contributed by atoms with Crippen LogP contribution in [0, 0.1) is 6.92 Å². The van der Waals surface area contributed by atoms with E-state index in [4.69, 9.17) is 10.5 Å². The second-order valence-electron chi connectivity index (χ2n) is 4.64. The molecule has 2 aromatic rings. The highest BCUT2D eigenvalue weighted by atomic mass is 16.5. The molecule has 0 aliphatic carbocycles. The van der Waals surface area contributed by atoms with Crippen molar-refractivity contribution < 1.29 is 4.74 Å². The van der Waals surface area contributed by atoms with Gasteiger partial charge in [-0.25, -0.2) is 0 Å². The lowest BCUT2D eigenvalue weighted by molar-refractivity contribution is 0.305.